The van der Waals surface area contributed by atoms with E-state index in [1.807, 2.05) is 12.1 Å². The molecule has 2 aromatic carbocycles. The third kappa shape index (κ3) is 3.57. The summed E-state index contributed by atoms with van der Waals surface area (Å²) in [5.41, 5.74) is 1.54. The lowest BCUT2D eigenvalue weighted by Crippen LogP contribution is -2.16. The maximum absolute atomic E-state index is 14.4. The lowest BCUT2D eigenvalue weighted by atomic mass is 9.75. The molecule has 0 saturated heterocycles. The van der Waals surface area contributed by atoms with Crippen LogP contribution in [0.2, 0.25) is 0 Å². The Hall–Kier alpha value is -2.43. The van der Waals surface area contributed by atoms with Crippen LogP contribution in [0.5, 0.6) is 5.75 Å². The summed E-state index contributed by atoms with van der Waals surface area (Å²) in [5.74, 6) is -2.67. The molecule has 1 fully saturated rings. The molecule has 3 rings (SSSR count). The SMILES string of the molecule is CCOc1ccc(C2CCC(c3ccccc3C(=O)O)CC2)c(F)c1F. The second-order valence-corrected chi connectivity index (χ2v) is 6.65. The molecule has 0 atom stereocenters. The summed E-state index contributed by atoms with van der Waals surface area (Å²) in [6, 6.07) is 10.1. The number of rotatable bonds is 5. The summed E-state index contributed by atoms with van der Waals surface area (Å²) in [6.45, 7) is 2.01. The van der Waals surface area contributed by atoms with E-state index in [2.05, 4.69) is 0 Å². The molecule has 2 aromatic rings. The Morgan fingerprint density at radius 2 is 1.62 bits per heavy atom. The van der Waals surface area contributed by atoms with Gasteiger partial charge in [-0.05, 0) is 67.7 Å². The van der Waals surface area contributed by atoms with Gasteiger partial charge in [0.25, 0.3) is 0 Å². The third-order valence-electron chi connectivity index (χ3n) is 5.17. The van der Waals surface area contributed by atoms with Gasteiger partial charge in [-0.1, -0.05) is 24.3 Å². The van der Waals surface area contributed by atoms with Gasteiger partial charge in [-0.25, -0.2) is 9.18 Å². The molecule has 0 heterocycles. The van der Waals surface area contributed by atoms with Crippen LogP contribution in [0.15, 0.2) is 36.4 Å². The summed E-state index contributed by atoms with van der Waals surface area (Å²) in [4.78, 5) is 11.4. The van der Waals surface area contributed by atoms with Gasteiger partial charge < -0.3 is 9.84 Å². The normalized spacial score (nSPS) is 20.0. The van der Waals surface area contributed by atoms with Crippen LogP contribution in [0.4, 0.5) is 8.78 Å². The van der Waals surface area contributed by atoms with Crippen LogP contribution in [-0.2, 0) is 0 Å². The molecule has 1 N–H and O–H groups in total. The van der Waals surface area contributed by atoms with E-state index < -0.39 is 17.6 Å². The smallest absolute Gasteiger partial charge is 0.335 e. The number of hydrogen-bond acceptors (Lipinski definition) is 2. The molecule has 0 radical (unpaired) electrons. The standard InChI is InChI=1S/C21H22F2O3/c1-2-26-18-12-11-16(19(22)20(18)23)14-9-7-13(8-10-14)15-5-3-4-6-17(15)21(24)25/h3-6,11-14H,2,7-10H2,1H3,(H,24,25). The molecule has 5 heteroatoms. The zero-order valence-corrected chi connectivity index (χ0v) is 14.7. The summed E-state index contributed by atoms with van der Waals surface area (Å²) in [5, 5.41) is 9.36. The highest BCUT2D eigenvalue weighted by Gasteiger charge is 2.29. The first-order valence-electron chi connectivity index (χ1n) is 8.95. The van der Waals surface area contributed by atoms with Gasteiger partial charge in [0.2, 0.25) is 5.82 Å². The average molecular weight is 360 g/mol. The van der Waals surface area contributed by atoms with E-state index >= 15 is 0 Å². The Bertz CT molecular complexity index is 796. The highest BCUT2D eigenvalue weighted by Crippen LogP contribution is 2.42. The molecule has 3 nitrogen and oxygen atoms in total. The number of carboxylic acid groups (broad SMARTS) is 1. The molecule has 1 aliphatic carbocycles. The van der Waals surface area contributed by atoms with E-state index in [9.17, 15) is 18.7 Å². The van der Waals surface area contributed by atoms with Crippen LogP contribution in [0.1, 0.15) is 65.9 Å². The van der Waals surface area contributed by atoms with E-state index in [1.54, 1.807) is 25.1 Å². The highest BCUT2D eigenvalue weighted by atomic mass is 19.2. The lowest BCUT2D eigenvalue weighted by Gasteiger charge is -2.30. The van der Waals surface area contributed by atoms with Crippen LogP contribution in [0.25, 0.3) is 0 Å². The summed E-state index contributed by atoms with van der Waals surface area (Å²) < 4.78 is 33.6. The van der Waals surface area contributed by atoms with Gasteiger partial charge in [0.05, 0.1) is 12.2 Å². The van der Waals surface area contributed by atoms with E-state index in [-0.39, 0.29) is 24.2 Å². The van der Waals surface area contributed by atoms with E-state index in [4.69, 9.17) is 4.74 Å². The topological polar surface area (TPSA) is 46.5 Å². The Morgan fingerprint density at radius 1 is 1.00 bits per heavy atom. The second-order valence-electron chi connectivity index (χ2n) is 6.65. The van der Waals surface area contributed by atoms with Crippen LogP contribution in [0, 0.1) is 11.6 Å². The first-order chi connectivity index (χ1) is 12.5. The Morgan fingerprint density at radius 3 is 2.23 bits per heavy atom. The molecular weight excluding hydrogens is 338 g/mol. The first-order valence-corrected chi connectivity index (χ1v) is 8.95. The van der Waals surface area contributed by atoms with E-state index in [0.717, 1.165) is 18.4 Å². The predicted molar refractivity (Wildman–Crippen MR) is 94.9 cm³/mol. The minimum absolute atomic E-state index is 0.0576. The van der Waals surface area contributed by atoms with Crippen LogP contribution in [-0.4, -0.2) is 17.7 Å². The molecule has 1 aliphatic rings. The van der Waals surface area contributed by atoms with Gasteiger partial charge in [-0.3, -0.25) is 0 Å². The maximum Gasteiger partial charge on any atom is 0.335 e. The molecule has 0 spiro atoms. The number of ether oxygens (including phenoxy) is 1. The van der Waals surface area contributed by atoms with Gasteiger partial charge in [0.1, 0.15) is 0 Å². The van der Waals surface area contributed by atoms with E-state index in [0.29, 0.717) is 24.0 Å². The average Bonchev–Trinajstić information content (AvgIpc) is 2.66. The van der Waals surface area contributed by atoms with Gasteiger partial charge in [0.15, 0.2) is 11.6 Å². The molecule has 1 saturated carbocycles. The number of carbonyl (C=O) groups is 1. The number of carboxylic acids is 1. The van der Waals surface area contributed by atoms with Crippen LogP contribution in [0.3, 0.4) is 0 Å². The van der Waals surface area contributed by atoms with Crippen molar-refractivity contribution in [3.8, 4) is 5.75 Å². The van der Waals surface area contributed by atoms with Crippen molar-refractivity contribution in [3.63, 3.8) is 0 Å². The number of aromatic carboxylic acids is 1. The van der Waals surface area contributed by atoms with Gasteiger partial charge in [0, 0.05) is 0 Å². The molecule has 0 amide bonds. The van der Waals surface area contributed by atoms with Crippen molar-refractivity contribution in [2.45, 2.75) is 44.4 Å². The predicted octanol–water partition coefficient (Wildman–Crippen LogP) is 5.50. The quantitative estimate of drug-likeness (QED) is 0.765. The fourth-order valence-corrected chi connectivity index (χ4v) is 3.89. The van der Waals surface area contributed by atoms with E-state index in [1.165, 1.54) is 6.07 Å². The van der Waals surface area contributed by atoms with Crippen LogP contribution < -0.4 is 4.74 Å². The summed E-state index contributed by atoms with van der Waals surface area (Å²) >= 11 is 0. The fourth-order valence-electron chi connectivity index (χ4n) is 3.89. The Kier molecular flexibility index (Phi) is 5.55. The first kappa shape index (κ1) is 18.4. The maximum atomic E-state index is 14.4. The van der Waals surface area contributed by atoms with Gasteiger partial charge in [-0.2, -0.15) is 4.39 Å². The molecule has 26 heavy (non-hydrogen) atoms. The fraction of sp³-hybridized carbons (Fsp3) is 0.381. The zero-order valence-electron chi connectivity index (χ0n) is 14.7. The second kappa shape index (κ2) is 7.85. The van der Waals surface area contributed by atoms with Crippen molar-refractivity contribution in [2.75, 3.05) is 6.61 Å². The Labute approximate surface area is 151 Å². The van der Waals surface area contributed by atoms with Crippen molar-refractivity contribution in [1.82, 2.24) is 0 Å². The molecule has 0 unspecified atom stereocenters. The third-order valence-corrected chi connectivity index (χ3v) is 5.17. The number of benzene rings is 2. The number of halogens is 2. The minimum atomic E-state index is -0.928. The van der Waals surface area contributed by atoms with Crippen molar-refractivity contribution in [3.05, 3.63) is 64.7 Å². The summed E-state index contributed by atoms with van der Waals surface area (Å²) in [7, 11) is 0. The molecular formula is C21H22F2O3. The van der Waals surface area contributed by atoms with Crippen molar-refractivity contribution in [1.29, 1.82) is 0 Å². The largest absolute Gasteiger partial charge is 0.491 e. The molecule has 138 valence electrons. The lowest BCUT2D eigenvalue weighted by molar-refractivity contribution is 0.0694. The molecule has 0 aliphatic heterocycles. The zero-order chi connectivity index (χ0) is 18.7. The van der Waals surface area contributed by atoms with Crippen molar-refractivity contribution >= 4 is 5.97 Å². The Balaban J connectivity index is 1.75. The van der Waals surface area contributed by atoms with Crippen molar-refractivity contribution in [2.24, 2.45) is 0 Å². The molecule has 0 bridgehead atoms. The minimum Gasteiger partial charge on any atom is -0.491 e. The highest BCUT2D eigenvalue weighted by molar-refractivity contribution is 5.89. The monoisotopic (exact) mass is 360 g/mol. The number of hydrogen-bond donors (Lipinski definition) is 1. The van der Waals surface area contributed by atoms with Crippen molar-refractivity contribution < 1.29 is 23.4 Å². The molecule has 0 aromatic heterocycles. The van der Waals surface area contributed by atoms with Crippen LogP contribution >= 0.6 is 0 Å². The van der Waals surface area contributed by atoms with Gasteiger partial charge in [-0.15, -0.1) is 0 Å². The summed E-state index contributed by atoms with van der Waals surface area (Å²) in [6.07, 6.45) is 2.90. The van der Waals surface area contributed by atoms with Gasteiger partial charge >= 0.3 is 5.97 Å².